The minimum Gasteiger partial charge on any atom is -0.394 e. The highest BCUT2D eigenvalue weighted by atomic mass is 17.1. The topological polar surface area (TPSA) is 127 Å². The Bertz CT molecular complexity index is 150. The molecule has 0 saturated carbocycles. The second kappa shape index (κ2) is 5.97. The van der Waals surface area contributed by atoms with Gasteiger partial charge in [-0.3, -0.25) is 5.26 Å². The molecule has 0 aliphatic rings. The maximum absolute atomic E-state index is 10.1. The Hall–Kier alpha value is -0.570. The predicted octanol–water partition coefficient (Wildman–Crippen LogP) is -2.88. The fraction of sp³-hybridized carbons (Fsp3) is 0.833. The lowest BCUT2D eigenvalue weighted by atomic mass is 10.0. The number of carbonyl (C=O) groups excluding carboxylic acids is 1. The largest absolute Gasteiger partial charge is 0.394 e. The van der Waals surface area contributed by atoms with E-state index in [0.29, 0.717) is 0 Å². The third kappa shape index (κ3) is 3.35. The zero-order valence-corrected chi connectivity index (χ0v) is 6.65. The molecule has 0 fully saturated rings. The van der Waals surface area contributed by atoms with Crippen LogP contribution < -0.4 is 0 Å². The SMILES string of the molecule is O=C[C@H](OO)[C@@H](O)[C@H](O)[C@H](O)CO. The summed E-state index contributed by atoms with van der Waals surface area (Å²) in [6, 6.07) is 0. The second-order valence-electron chi connectivity index (χ2n) is 2.44. The summed E-state index contributed by atoms with van der Waals surface area (Å²) in [6.45, 7) is -0.783. The zero-order chi connectivity index (χ0) is 10.4. The van der Waals surface area contributed by atoms with Gasteiger partial charge in [-0.25, -0.2) is 4.89 Å². The van der Waals surface area contributed by atoms with E-state index in [1.54, 1.807) is 0 Å². The summed E-state index contributed by atoms with van der Waals surface area (Å²) < 4.78 is 0. The molecule has 13 heavy (non-hydrogen) atoms. The zero-order valence-electron chi connectivity index (χ0n) is 6.65. The van der Waals surface area contributed by atoms with Crippen LogP contribution in [-0.4, -0.2) is 63.0 Å². The van der Waals surface area contributed by atoms with E-state index in [9.17, 15) is 4.79 Å². The molecule has 0 amide bonds. The molecular formula is C6H12O7. The maximum atomic E-state index is 10.1. The minimum absolute atomic E-state index is 0.0536. The van der Waals surface area contributed by atoms with Crippen LogP contribution in [0.1, 0.15) is 0 Å². The van der Waals surface area contributed by atoms with E-state index in [0.717, 1.165) is 0 Å². The van der Waals surface area contributed by atoms with E-state index < -0.39 is 31.0 Å². The second-order valence-corrected chi connectivity index (χ2v) is 2.44. The Kier molecular flexibility index (Phi) is 5.71. The van der Waals surface area contributed by atoms with E-state index in [1.807, 2.05) is 0 Å². The Morgan fingerprint density at radius 2 is 1.77 bits per heavy atom. The van der Waals surface area contributed by atoms with Crippen LogP contribution in [0.25, 0.3) is 0 Å². The Balaban J connectivity index is 4.21. The summed E-state index contributed by atoms with van der Waals surface area (Å²) >= 11 is 0. The Labute approximate surface area is 73.7 Å². The van der Waals surface area contributed by atoms with Crippen LogP contribution in [0.2, 0.25) is 0 Å². The van der Waals surface area contributed by atoms with Crippen molar-refractivity contribution in [3.05, 3.63) is 0 Å². The van der Waals surface area contributed by atoms with Crippen molar-refractivity contribution in [1.29, 1.82) is 0 Å². The van der Waals surface area contributed by atoms with Gasteiger partial charge in [0.05, 0.1) is 6.61 Å². The number of aliphatic hydroxyl groups is 4. The summed E-state index contributed by atoms with van der Waals surface area (Å²) in [4.78, 5) is 13.6. The minimum atomic E-state index is -1.80. The maximum Gasteiger partial charge on any atom is 0.176 e. The van der Waals surface area contributed by atoms with Gasteiger partial charge in [0.2, 0.25) is 0 Å². The summed E-state index contributed by atoms with van der Waals surface area (Å²) in [5, 5.41) is 43.3. The van der Waals surface area contributed by atoms with E-state index in [-0.39, 0.29) is 6.29 Å². The van der Waals surface area contributed by atoms with Crippen molar-refractivity contribution in [2.24, 2.45) is 0 Å². The summed E-state index contributed by atoms with van der Waals surface area (Å²) in [5.74, 6) is 0. The van der Waals surface area contributed by atoms with Crippen molar-refractivity contribution in [3.63, 3.8) is 0 Å². The molecule has 0 spiro atoms. The quantitative estimate of drug-likeness (QED) is 0.175. The summed E-state index contributed by atoms with van der Waals surface area (Å²) in [5.41, 5.74) is 0. The molecule has 0 bridgehead atoms. The molecular weight excluding hydrogens is 184 g/mol. The first-order chi connectivity index (χ1) is 6.08. The number of hydrogen-bond acceptors (Lipinski definition) is 7. The van der Waals surface area contributed by atoms with Crippen LogP contribution in [0, 0.1) is 0 Å². The van der Waals surface area contributed by atoms with Crippen molar-refractivity contribution in [1.82, 2.24) is 0 Å². The van der Waals surface area contributed by atoms with Gasteiger partial charge in [-0.05, 0) is 0 Å². The molecule has 0 aliphatic heterocycles. The fourth-order valence-corrected chi connectivity index (χ4v) is 0.698. The Morgan fingerprint density at radius 1 is 1.23 bits per heavy atom. The van der Waals surface area contributed by atoms with Crippen molar-refractivity contribution >= 4 is 6.29 Å². The van der Waals surface area contributed by atoms with Gasteiger partial charge >= 0.3 is 0 Å². The highest BCUT2D eigenvalue weighted by Crippen LogP contribution is 2.05. The van der Waals surface area contributed by atoms with Gasteiger partial charge < -0.3 is 25.2 Å². The molecule has 0 radical (unpaired) electrons. The molecule has 4 atom stereocenters. The molecule has 0 heterocycles. The monoisotopic (exact) mass is 196 g/mol. The number of carbonyl (C=O) groups is 1. The molecule has 0 aromatic heterocycles. The van der Waals surface area contributed by atoms with Crippen LogP contribution >= 0.6 is 0 Å². The predicted molar refractivity (Wildman–Crippen MR) is 38.7 cm³/mol. The molecule has 0 aromatic rings. The highest BCUT2D eigenvalue weighted by Gasteiger charge is 2.31. The van der Waals surface area contributed by atoms with Crippen LogP contribution in [0.4, 0.5) is 0 Å². The van der Waals surface area contributed by atoms with Crippen molar-refractivity contribution in [2.75, 3.05) is 6.61 Å². The Morgan fingerprint density at radius 3 is 2.08 bits per heavy atom. The first-order valence-corrected chi connectivity index (χ1v) is 3.49. The number of aldehydes is 1. The highest BCUT2D eigenvalue weighted by molar-refractivity contribution is 5.57. The first-order valence-electron chi connectivity index (χ1n) is 3.49. The van der Waals surface area contributed by atoms with E-state index in [2.05, 4.69) is 4.89 Å². The molecule has 0 aromatic carbocycles. The standard InChI is InChI=1S/C6H12O7/c7-1-3(9)5(10)6(11)4(2-8)13-12/h2-7,9-12H,1H2/t3-,4+,5-,6-/m1/s1. The van der Waals surface area contributed by atoms with Gasteiger partial charge in [0, 0.05) is 0 Å². The van der Waals surface area contributed by atoms with Crippen molar-refractivity contribution in [2.45, 2.75) is 24.4 Å². The average Bonchev–Trinajstić information content (AvgIpc) is 2.17. The summed E-state index contributed by atoms with van der Waals surface area (Å²) in [7, 11) is 0. The van der Waals surface area contributed by atoms with Crippen LogP contribution in [0.3, 0.4) is 0 Å². The number of rotatable bonds is 6. The molecule has 0 aliphatic carbocycles. The van der Waals surface area contributed by atoms with Gasteiger partial charge in [-0.15, -0.1) is 0 Å². The molecule has 0 unspecified atom stereocenters. The van der Waals surface area contributed by atoms with Crippen molar-refractivity contribution < 1.29 is 35.4 Å². The van der Waals surface area contributed by atoms with E-state index >= 15 is 0 Å². The number of hydrogen-bond donors (Lipinski definition) is 5. The van der Waals surface area contributed by atoms with Crippen LogP contribution in [-0.2, 0) is 9.68 Å². The molecule has 7 heteroatoms. The van der Waals surface area contributed by atoms with Gasteiger partial charge in [-0.1, -0.05) is 0 Å². The van der Waals surface area contributed by atoms with Gasteiger partial charge in [-0.2, -0.15) is 0 Å². The lowest BCUT2D eigenvalue weighted by Crippen LogP contribution is -2.47. The third-order valence-electron chi connectivity index (χ3n) is 1.52. The van der Waals surface area contributed by atoms with Crippen LogP contribution in [0.5, 0.6) is 0 Å². The first kappa shape index (κ1) is 12.4. The number of aliphatic hydroxyl groups excluding tert-OH is 4. The van der Waals surface area contributed by atoms with Crippen molar-refractivity contribution in [3.8, 4) is 0 Å². The average molecular weight is 196 g/mol. The van der Waals surface area contributed by atoms with E-state index in [1.165, 1.54) is 0 Å². The molecule has 5 N–H and O–H groups in total. The summed E-state index contributed by atoms with van der Waals surface area (Å²) in [6.07, 6.45) is -6.78. The molecule has 7 nitrogen and oxygen atoms in total. The van der Waals surface area contributed by atoms with Gasteiger partial charge in [0.25, 0.3) is 0 Å². The lowest BCUT2D eigenvalue weighted by Gasteiger charge is -2.23. The fourth-order valence-electron chi connectivity index (χ4n) is 0.698. The normalized spacial score (nSPS) is 20.4. The van der Waals surface area contributed by atoms with E-state index in [4.69, 9.17) is 25.7 Å². The smallest absolute Gasteiger partial charge is 0.176 e. The lowest BCUT2D eigenvalue weighted by molar-refractivity contribution is -0.293. The van der Waals surface area contributed by atoms with Crippen LogP contribution in [0.15, 0.2) is 0 Å². The molecule has 0 rings (SSSR count). The molecule has 0 saturated heterocycles. The van der Waals surface area contributed by atoms with Gasteiger partial charge in [0.1, 0.15) is 18.3 Å². The molecule has 78 valence electrons. The van der Waals surface area contributed by atoms with Gasteiger partial charge in [0.15, 0.2) is 12.4 Å². The third-order valence-corrected chi connectivity index (χ3v) is 1.52.